The summed E-state index contributed by atoms with van der Waals surface area (Å²) in [6.45, 7) is 0. The molecule has 0 spiro atoms. The van der Waals surface area contributed by atoms with Gasteiger partial charge in [0.15, 0.2) is 0 Å². The standard InChI is InChI=1S/C13H11N3O/c1-17-13-14-7-6-12(16-13)10-8-15-11-5-3-2-4-9(10)11/h2-8,15H,1H3. The van der Waals surface area contributed by atoms with Crippen molar-refractivity contribution in [2.24, 2.45) is 0 Å². The first-order valence-corrected chi connectivity index (χ1v) is 5.32. The smallest absolute Gasteiger partial charge is 0.316 e. The molecule has 84 valence electrons. The Bertz CT molecular complexity index is 660. The molecule has 2 heterocycles. The number of ether oxygens (including phenoxy) is 1. The summed E-state index contributed by atoms with van der Waals surface area (Å²) >= 11 is 0. The lowest BCUT2D eigenvalue weighted by molar-refractivity contribution is 0.380. The third-order valence-electron chi connectivity index (χ3n) is 2.68. The Morgan fingerprint density at radius 1 is 1.18 bits per heavy atom. The Morgan fingerprint density at radius 2 is 2.06 bits per heavy atom. The summed E-state index contributed by atoms with van der Waals surface area (Å²) in [6.07, 6.45) is 3.65. The van der Waals surface area contributed by atoms with Crippen molar-refractivity contribution < 1.29 is 4.74 Å². The van der Waals surface area contributed by atoms with E-state index in [4.69, 9.17) is 4.74 Å². The lowest BCUT2D eigenvalue weighted by Gasteiger charge is -2.01. The van der Waals surface area contributed by atoms with Crippen molar-refractivity contribution >= 4 is 10.9 Å². The second-order valence-electron chi connectivity index (χ2n) is 3.68. The minimum atomic E-state index is 0.382. The molecule has 0 atom stereocenters. The van der Waals surface area contributed by atoms with Gasteiger partial charge in [-0.1, -0.05) is 18.2 Å². The first kappa shape index (κ1) is 9.84. The van der Waals surface area contributed by atoms with Crippen LogP contribution in [0.1, 0.15) is 0 Å². The van der Waals surface area contributed by atoms with Crippen LogP contribution in [-0.4, -0.2) is 22.1 Å². The molecule has 0 unspecified atom stereocenters. The van der Waals surface area contributed by atoms with Gasteiger partial charge in [0, 0.05) is 28.9 Å². The average Bonchev–Trinajstić information content (AvgIpc) is 2.82. The summed E-state index contributed by atoms with van der Waals surface area (Å²) in [6, 6.07) is 10.4. The highest BCUT2D eigenvalue weighted by Gasteiger charge is 2.07. The average molecular weight is 225 g/mol. The van der Waals surface area contributed by atoms with Gasteiger partial charge >= 0.3 is 6.01 Å². The zero-order valence-electron chi connectivity index (χ0n) is 9.34. The van der Waals surface area contributed by atoms with E-state index in [0.29, 0.717) is 6.01 Å². The quantitative estimate of drug-likeness (QED) is 0.729. The van der Waals surface area contributed by atoms with Crippen molar-refractivity contribution in [2.45, 2.75) is 0 Å². The third kappa shape index (κ3) is 1.63. The van der Waals surface area contributed by atoms with Gasteiger partial charge in [0.2, 0.25) is 0 Å². The van der Waals surface area contributed by atoms with Crippen LogP contribution in [0.5, 0.6) is 6.01 Å². The van der Waals surface area contributed by atoms with Crippen molar-refractivity contribution in [1.29, 1.82) is 0 Å². The van der Waals surface area contributed by atoms with Crippen LogP contribution in [0.25, 0.3) is 22.2 Å². The van der Waals surface area contributed by atoms with Crippen LogP contribution in [0.4, 0.5) is 0 Å². The molecule has 0 saturated carbocycles. The molecule has 1 aromatic carbocycles. The van der Waals surface area contributed by atoms with Crippen molar-refractivity contribution in [2.75, 3.05) is 7.11 Å². The number of fused-ring (bicyclic) bond motifs is 1. The predicted molar refractivity (Wildman–Crippen MR) is 65.9 cm³/mol. The molecule has 0 bridgehead atoms. The molecule has 17 heavy (non-hydrogen) atoms. The number of para-hydroxylation sites is 1. The van der Waals surface area contributed by atoms with Gasteiger partial charge in [-0.25, -0.2) is 4.98 Å². The maximum Gasteiger partial charge on any atom is 0.316 e. The van der Waals surface area contributed by atoms with E-state index in [-0.39, 0.29) is 0 Å². The molecule has 4 heteroatoms. The number of aromatic amines is 1. The molecule has 0 aliphatic rings. The molecule has 0 radical (unpaired) electrons. The Balaban J connectivity index is 2.20. The van der Waals surface area contributed by atoms with Crippen molar-refractivity contribution in [3.05, 3.63) is 42.7 Å². The van der Waals surface area contributed by atoms with Gasteiger partial charge in [-0.05, 0) is 12.1 Å². The first-order chi connectivity index (χ1) is 8.38. The highest BCUT2D eigenvalue weighted by molar-refractivity contribution is 5.94. The Kier molecular flexibility index (Phi) is 2.26. The van der Waals surface area contributed by atoms with Gasteiger partial charge in [0.05, 0.1) is 12.8 Å². The summed E-state index contributed by atoms with van der Waals surface area (Å²) in [5.74, 6) is 0. The van der Waals surface area contributed by atoms with Crippen LogP contribution < -0.4 is 4.74 Å². The van der Waals surface area contributed by atoms with Gasteiger partial charge in [0.1, 0.15) is 0 Å². The van der Waals surface area contributed by atoms with Crippen molar-refractivity contribution in [1.82, 2.24) is 15.0 Å². The molecule has 4 nitrogen and oxygen atoms in total. The fraction of sp³-hybridized carbons (Fsp3) is 0.0769. The van der Waals surface area contributed by atoms with E-state index in [1.807, 2.05) is 30.5 Å². The number of aromatic nitrogens is 3. The van der Waals surface area contributed by atoms with E-state index in [9.17, 15) is 0 Å². The van der Waals surface area contributed by atoms with Gasteiger partial charge in [0.25, 0.3) is 0 Å². The van der Waals surface area contributed by atoms with Crippen LogP contribution in [0, 0.1) is 0 Å². The molecule has 3 aromatic rings. The number of hydrogen-bond donors (Lipinski definition) is 1. The molecule has 0 aliphatic carbocycles. The summed E-state index contributed by atoms with van der Waals surface area (Å²) in [4.78, 5) is 11.6. The fourth-order valence-electron chi connectivity index (χ4n) is 1.87. The first-order valence-electron chi connectivity index (χ1n) is 5.32. The number of methoxy groups -OCH3 is 1. The second kappa shape index (κ2) is 3.90. The maximum atomic E-state index is 5.03. The predicted octanol–water partition coefficient (Wildman–Crippen LogP) is 2.63. The van der Waals surface area contributed by atoms with Crippen LogP contribution in [0.15, 0.2) is 42.7 Å². The minimum Gasteiger partial charge on any atom is -0.467 e. The van der Waals surface area contributed by atoms with Gasteiger partial charge in [-0.2, -0.15) is 4.98 Å². The van der Waals surface area contributed by atoms with Crippen molar-refractivity contribution in [3.63, 3.8) is 0 Å². The largest absolute Gasteiger partial charge is 0.467 e. The van der Waals surface area contributed by atoms with Crippen LogP contribution in [-0.2, 0) is 0 Å². The van der Waals surface area contributed by atoms with Crippen LogP contribution >= 0.6 is 0 Å². The van der Waals surface area contributed by atoms with Gasteiger partial charge in [-0.15, -0.1) is 0 Å². The zero-order valence-corrected chi connectivity index (χ0v) is 9.34. The fourth-order valence-corrected chi connectivity index (χ4v) is 1.87. The Labute approximate surface area is 98.3 Å². The summed E-state index contributed by atoms with van der Waals surface area (Å²) in [5.41, 5.74) is 3.01. The monoisotopic (exact) mass is 225 g/mol. The summed E-state index contributed by atoms with van der Waals surface area (Å²) in [7, 11) is 1.56. The van der Waals surface area contributed by atoms with Gasteiger partial charge < -0.3 is 9.72 Å². The topological polar surface area (TPSA) is 50.8 Å². The number of hydrogen-bond acceptors (Lipinski definition) is 3. The molecule has 0 saturated heterocycles. The van der Waals surface area contributed by atoms with E-state index < -0.39 is 0 Å². The number of nitrogens with zero attached hydrogens (tertiary/aromatic N) is 2. The van der Waals surface area contributed by atoms with E-state index >= 15 is 0 Å². The maximum absolute atomic E-state index is 5.03. The third-order valence-corrected chi connectivity index (χ3v) is 2.68. The van der Waals surface area contributed by atoms with Crippen molar-refractivity contribution in [3.8, 4) is 17.3 Å². The molecular formula is C13H11N3O. The lowest BCUT2D eigenvalue weighted by Crippen LogP contribution is -1.92. The highest BCUT2D eigenvalue weighted by atomic mass is 16.5. The molecule has 0 amide bonds. The number of rotatable bonds is 2. The molecule has 0 fully saturated rings. The molecule has 0 aliphatic heterocycles. The van der Waals surface area contributed by atoms with E-state index in [0.717, 1.165) is 22.2 Å². The number of H-pyrrole nitrogens is 1. The summed E-state index contributed by atoms with van der Waals surface area (Å²) < 4.78 is 5.03. The molecule has 1 N–H and O–H groups in total. The van der Waals surface area contributed by atoms with E-state index in [2.05, 4.69) is 21.0 Å². The van der Waals surface area contributed by atoms with E-state index in [1.165, 1.54) is 0 Å². The molecular weight excluding hydrogens is 214 g/mol. The van der Waals surface area contributed by atoms with Crippen LogP contribution in [0.3, 0.4) is 0 Å². The zero-order chi connectivity index (χ0) is 11.7. The van der Waals surface area contributed by atoms with Crippen LogP contribution in [0.2, 0.25) is 0 Å². The Morgan fingerprint density at radius 3 is 2.94 bits per heavy atom. The second-order valence-corrected chi connectivity index (χ2v) is 3.68. The number of nitrogens with one attached hydrogen (secondary N) is 1. The highest BCUT2D eigenvalue weighted by Crippen LogP contribution is 2.27. The SMILES string of the molecule is COc1nccc(-c2c[nH]c3ccccc23)n1. The summed E-state index contributed by atoms with van der Waals surface area (Å²) in [5, 5.41) is 1.15. The minimum absolute atomic E-state index is 0.382. The Hall–Kier alpha value is -2.36. The lowest BCUT2D eigenvalue weighted by atomic mass is 10.1. The normalized spacial score (nSPS) is 10.6. The molecule has 3 rings (SSSR count). The number of benzene rings is 1. The van der Waals surface area contributed by atoms with Gasteiger partial charge in [-0.3, -0.25) is 0 Å². The van der Waals surface area contributed by atoms with E-state index in [1.54, 1.807) is 13.3 Å². The molecule has 2 aromatic heterocycles.